The summed E-state index contributed by atoms with van der Waals surface area (Å²) in [5.41, 5.74) is 1.45. The van der Waals surface area contributed by atoms with Gasteiger partial charge >= 0.3 is 0 Å². The van der Waals surface area contributed by atoms with E-state index < -0.39 is 5.60 Å². The fraction of sp³-hybridized carbons (Fsp3) is 0.250. The highest BCUT2D eigenvalue weighted by molar-refractivity contribution is 9.10. The molecule has 4 heteroatoms. The average molecular weight is 279 g/mol. The molecule has 0 unspecified atom stereocenters. The maximum atomic E-state index is 9.94. The van der Waals surface area contributed by atoms with E-state index in [0.717, 1.165) is 28.6 Å². The lowest BCUT2D eigenvalue weighted by Gasteiger charge is -2.08. The molecule has 1 aromatic carbocycles. The number of hydrogen-bond acceptors (Lipinski definition) is 2. The van der Waals surface area contributed by atoms with Crippen molar-refractivity contribution in [2.45, 2.75) is 18.4 Å². The number of aromatic nitrogens is 2. The number of nitrogens with zero attached hydrogens (tertiary/aromatic N) is 2. The molecule has 1 N–H and O–H groups in total. The molecular formula is C12H11BrN2O. The Labute approximate surface area is 102 Å². The maximum Gasteiger partial charge on any atom is 0.0899 e. The molecule has 0 saturated heterocycles. The van der Waals surface area contributed by atoms with Crippen LogP contribution in [0.3, 0.4) is 0 Å². The molecule has 1 saturated carbocycles. The van der Waals surface area contributed by atoms with Crippen molar-refractivity contribution in [3.8, 4) is 5.69 Å². The molecule has 0 spiro atoms. The predicted octanol–water partition coefficient (Wildman–Crippen LogP) is 2.62. The molecule has 1 heterocycles. The fourth-order valence-electron chi connectivity index (χ4n) is 1.77. The zero-order chi connectivity index (χ0) is 11.2. The predicted molar refractivity (Wildman–Crippen MR) is 64.4 cm³/mol. The second-order valence-electron chi connectivity index (χ2n) is 4.18. The van der Waals surface area contributed by atoms with Crippen molar-refractivity contribution in [3.05, 3.63) is 46.7 Å². The summed E-state index contributed by atoms with van der Waals surface area (Å²) in [5, 5.41) is 14.1. The lowest BCUT2D eigenvalue weighted by Crippen LogP contribution is -2.04. The Morgan fingerprint density at radius 1 is 1.25 bits per heavy atom. The number of halogens is 1. The number of hydrogen-bond donors (Lipinski definition) is 1. The highest BCUT2D eigenvalue weighted by Gasteiger charge is 2.41. The van der Waals surface area contributed by atoms with Gasteiger partial charge in [-0.3, -0.25) is 0 Å². The van der Waals surface area contributed by atoms with Crippen LogP contribution in [0.4, 0.5) is 0 Å². The van der Waals surface area contributed by atoms with Gasteiger partial charge in [-0.1, -0.05) is 12.1 Å². The normalized spacial score (nSPS) is 17.4. The minimum Gasteiger partial charge on any atom is -0.385 e. The van der Waals surface area contributed by atoms with E-state index in [1.54, 1.807) is 10.9 Å². The van der Waals surface area contributed by atoms with Gasteiger partial charge < -0.3 is 5.11 Å². The highest BCUT2D eigenvalue weighted by Crippen LogP contribution is 2.45. The first-order valence-electron chi connectivity index (χ1n) is 5.21. The first-order valence-corrected chi connectivity index (χ1v) is 6.00. The van der Waals surface area contributed by atoms with Crippen molar-refractivity contribution < 1.29 is 5.11 Å². The van der Waals surface area contributed by atoms with Gasteiger partial charge in [-0.15, -0.1) is 0 Å². The SMILES string of the molecule is OC1(c2ccc(-n3cc(Br)cn3)cc2)CC1. The van der Waals surface area contributed by atoms with Crippen molar-refractivity contribution in [3.63, 3.8) is 0 Å². The third-order valence-corrected chi connectivity index (χ3v) is 3.35. The summed E-state index contributed by atoms with van der Waals surface area (Å²) in [6.45, 7) is 0. The van der Waals surface area contributed by atoms with Crippen LogP contribution in [-0.2, 0) is 5.60 Å². The monoisotopic (exact) mass is 278 g/mol. The van der Waals surface area contributed by atoms with Crippen LogP contribution >= 0.6 is 15.9 Å². The molecule has 0 atom stereocenters. The molecule has 3 nitrogen and oxygen atoms in total. The number of rotatable bonds is 2. The Kier molecular flexibility index (Phi) is 2.16. The van der Waals surface area contributed by atoms with E-state index >= 15 is 0 Å². The first kappa shape index (κ1) is 10.1. The Hall–Kier alpha value is -1.13. The summed E-state index contributed by atoms with van der Waals surface area (Å²) in [6, 6.07) is 7.89. The van der Waals surface area contributed by atoms with E-state index in [4.69, 9.17) is 0 Å². The lowest BCUT2D eigenvalue weighted by molar-refractivity contribution is 0.151. The minimum atomic E-state index is -0.552. The Bertz CT molecular complexity index is 514. The molecule has 1 aliphatic carbocycles. The average Bonchev–Trinajstić information content (AvgIpc) is 2.89. The lowest BCUT2D eigenvalue weighted by atomic mass is 10.1. The van der Waals surface area contributed by atoms with Crippen molar-refractivity contribution in [1.29, 1.82) is 0 Å². The maximum absolute atomic E-state index is 9.94. The van der Waals surface area contributed by atoms with Crippen LogP contribution in [0.25, 0.3) is 5.69 Å². The van der Waals surface area contributed by atoms with Gasteiger partial charge in [0.1, 0.15) is 0 Å². The fourth-order valence-corrected chi connectivity index (χ4v) is 2.06. The van der Waals surface area contributed by atoms with Gasteiger partial charge in [0.15, 0.2) is 0 Å². The van der Waals surface area contributed by atoms with E-state index in [-0.39, 0.29) is 0 Å². The van der Waals surface area contributed by atoms with Crippen molar-refractivity contribution in [2.75, 3.05) is 0 Å². The van der Waals surface area contributed by atoms with E-state index in [1.165, 1.54) is 0 Å². The smallest absolute Gasteiger partial charge is 0.0899 e. The van der Waals surface area contributed by atoms with Gasteiger partial charge in [-0.05, 0) is 46.5 Å². The van der Waals surface area contributed by atoms with E-state index in [2.05, 4.69) is 21.0 Å². The molecule has 1 aliphatic rings. The van der Waals surface area contributed by atoms with Crippen LogP contribution in [0.2, 0.25) is 0 Å². The van der Waals surface area contributed by atoms with Crippen LogP contribution in [0.15, 0.2) is 41.1 Å². The van der Waals surface area contributed by atoms with Crippen LogP contribution in [-0.4, -0.2) is 14.9 Å². The van der Waals surface area contributed by atoms with E-state index in [9.17, 15) is 5.11 Å². The third-order valence-electron chi connectivity index (χ3n) is 2.94. The van der Waals surface area contributed by atoms with Crippen LogP contribution in [0, 0.1) is 0 Å². The van der Waals surface area contributed by atoms with Crippen LogP contribution in [0.1, 0.15) is 18.4 Å². The van der Waals surface area contributed by atoms with Gasteiger partial charge in [-0.2, -0.15) is 5.10 Å². The molecule has 82 valence electrons. The van der Waals surface area contributed by atoms with Crippen molar-refractivity contribution in [2.24, 2.45) is 0 Å². The van der Waals surface area contributed by atoms with E-state index in [1.807, 2.05) is 30.5 Å². The molecule has 0 radical (unpaired) electrons. The Morgan fingerprint density at radius 3 is 2.44 bits per heavy atom. The molecule has 2 aromatic rings. The number of aliphatic hydroxyl groups is 1. The summed E-state index contributed by atoms with van der Waals surface area (Å²) in [7, 11) is 0. The number of benzene rings is 1. The Morgan fingerprint density at radius 2 is 1.94 bits per heavy atom. The molecule has 16 heavy (non-hydrogen) atoms. The molecule has 1 aromatic heterocycles. The van der Waals surface area contributed by atoms with Crippen LogP contribution in [0.5, 0.6) is 0 Å². The Balaban J connectivity index is 1.93. The molecule has 0 amide bonds. The summed E-state index contributed by atoms with van der Waals surface area (Å²) in [5.74, 6) is 0. The van der Waals surface area contributed by atoms with Gasteiger partial charge in [0.2, 0.25) is 0 Å². The molecule has 0 bridgehead atoms. The van der Waals surface area contributed by atoms with Crippen LogP contribution < -0.4 is 0 Å². The minimum absolute atomic E-state index is 0.552. The summed E-state index contributed by atoms with van der Waals surface area (Å²) >= 11 is 3.36. The van der Waals surface area contributed by atoms with Crippen molar-refractivity contribution in [1.82, 2.24) is 9.78 Å². The summed E-state index contributed by atoms with van der Waals surface area (Å²) in [4.78, 5) is 0. The largest absolute Gasteiger partial charge is 0.385 e. The van der Waals surface area contributed by atoms with Gasteiger partial charge in [0, 0.05) is 6.20 Å². The van der Waals surface area contributed by atoms with Gasteiger partial charge in [0.05, 0.1) is 22.0 Å². The molecule has 1 fully saturated rings. The van der Waals surface area contributed by atoms with Gasteiger partial charge in [0.25, 0.3) is 0 Å². The topological polar surface area (TPSA) is 38.0 Å². The van der Waals surface area contributed by atoms with Gasteiger partial charge in [-0.25, -0.2) is 4.68 Å². The third kappa shape index (κ3) is 1.68. The quantitative estimate of drug-likeness (QED) is 0.917. The zero-order valence-corrected chi connectivity index (χ0v) is 10.2. The first-order chi connectivity index (χ1) is 7.67. The standard InChI is InChI=1S/C12H11BrN2O/c13-10-7-14-15(8-10)11-3-1-9(2-4-11)12(16)5-6-12/h1-4,7-8,16H,5-6H2. The summed E-state index contributed by atoms with van der Waals surface area (Å²) < 4.78 is 2.75. The molecular weight excluding hydrogens is 268 g/mol. The van der Waals surface area contributed by atoms with Crippen molar-refractivity contribution >= 4 is 15.9 Å². The molecule has 3 rings (SSSR count). The van der Waals surface area contributed by atoms with E-state index in [0.29, 0.717) is 0 Å². The zero-order valence-electron chi connectivity index (χ0n) is 8.60. The highest BCUT2D eigenvalue weighted by atomic mass is 79.9. The summed E-state index contributed by atoms with van der Waals surface area (Å²) in [6.07, 6.45) is 5.41. The molecule has 0 aliphatic heterocycles. The second kappa shape index (κ2) is 3.43. The second-order valence-corrected chi connectivity index (χ2v) is 5.10.